The maximum Gasteiger partial charge on any atom is 0.295 e. The van der Waals surface area contributed by atoms with Gasteiger partial charge < -0.3 is 9.15 Å². The molecule has 1 aliphatic heterocycles. The van der Waals surface area contributed by atoms with Crippen LogP contribution in [0.25, 0.3) is 11.0 Å². The number of benzene rings is 3. The molecule has 0 bridgehead atoms. The second kappa shape index (κ2) is 7.74. The van der Waals surface area contributed by atoms with Gasteiger partial charge in [-0.05, 0) is 73.0 Å². The van der Waals surface area contributed by atoms with E-state index >= 15 is 0 Å². The molecule has 2 heterocycles. The Morgan fingerprint density at radius 1 is 1.00 bits per heavy atom. The average Bonchev–Trinajstić information content (AvgIpc) is 3.08. The summed E-state index contributed by atoms with van der Waals surface area (Å²) in [4.78, 5) is 28.7. The normalized spacial score (nSPS) is 15.2. The highest BCUT2D eigenvalue weighted by molar-refractivity contribution is 6.32. The number of methoxy groups -OCH3 is 1. The van der Waals surface area contributed by atoms with Crippen molar-refractivity contribution >= 4 is 34.2 Å². The second-order valence-corrected chi connectivity index (χ2v) is 8.46. The van der Waals surface area contributed by atoms with Crippen LogP contribution in [0.5, 0.6) is 5.75 Å². The Hall–Kier alpha value is -3.64. The summed E-state index contributed by atoms with van der Waals surface area (Å²) in [6.07, 6.45) is 0. The van der Waals surface area contributed by atoms with Crippen LogP contribution in [0.15, 0.2) is 63.8 Å². The zero-order chi connectivity index (χ0) is 23.4. The molecule has 7 heteroatoms. The van der Waals surface area contributed by atoms with Crippen molar-refractivity contribution in [2.24, 2.45) is 0 Å². The summed E-state index contributed by atoms with van der Waals surface area (Å²) in [6.45, 7) is 3.83. The molecule has 5 nitrogen and oxygen atoms in total. The SMILES string of the molecule is COc1ccc(N2C(=O)c3oc4cc(C)c(C)cc4c(=O)c3C2c2ccc(F)cc2)cc1Cl. The van der Waals surface area contributed by atoms with Crippen molar-refractivity contribution < 1.29 is 18.3 Å². The molecule has 166 valence electrons. The van der Waals surface area contributed by atoms with Gasteiger partial charge >= 0.3 is 0 Å². The molecule has 0 spiro atoms. The summed E-state index contributed by atoms with van der Waals surface area (Å²) in [5.41, 5.74) is 3.20. The van der Waals surface area contributed by atoms with Crippen LogP contribution in [-0.2, 0) is 0 Å². The number of carbonyl (C=O) groups excluding carboxylic acids is 1. The van der Waals surface area contributed by atoms with Crippen LogP contribution < -0.4 is 15.1 Å². The largest absolute Gasteiger partial charge is 0.495 e. The number of hydrogen-bond donors (Lipinski definition) is 0. The maximum atomic E-state index is 13.7. The molecule has 0 saturated heterocycles. The number of halogens is 2. The van der Waals surface area contributed by atoms with Crippen molar-refractivity contribution in [2.45, 2.75) is 19.9 Å². The fraction of sp³-hybridized carbons (Fsp3) is 0.154. The van der Waals surface area contributed by atoms with Crippen LogP contribution in [-0.4, -0.2) is 13.0 Å². The maximum absolute atomic E-state index is 13.7. The van der Waals surface area contributed by atoms with E-state index in [1.165, 1.54) is 24.1 Å². The van der Waals surface area contributed by atoms with Gasteiger partial charge in [-0.3, -0.25) is 14.5 Å². The second-order valence-electron chi connectivity index (χ2n) is 8.05. The van der Waals surface area contributed by atoms with Crippen LogP contribution >= 0.6 is 11.6 Å². The van der Waals surface area contributed by atoms with E-state index in [0.717, 1.165) is 11.1 Å². The third-order valence-corrected chi connectivity index (χ3v) is 6.38. The third-order valence-electron chi connectivity index (χ3n) is 6.09. The van der Waals surface area contributed by atoms with Crippen molar-refractivity contribution in [1.29, 1.82) is 0 Å². The Balaban J connectivity index is 1.80. The summed E-state index contributed by atoms with van der Waals surface area (Å²) in [7, 11) is 1.50. The first-order chi connectivity index (χ1) is 15.8. The van der Waals surface area contributed by atoms with E-state index in [9.17, 15) is 14.0 Å². The molecular formula is C26H19ClFNO4. The molecule has 4 aromatic rings. The van der Waals surface area contributed by atoms with E-state index in [2.05, 4.69) is 0 Å². The standard InChI is InChI=1S/C26H19ClFNO4/c1-13-10-18-21(11-14(13)2)33-25-22(24(18)30)23(15-4-6-16(28)7-5-15)29(26(25)31)17-8-9-20(32-3)19(27)12-17/h4-12,23H,1-3H3. The Morgan fingerprint density at radius 2 is 1.70 bits per heavy atom. The minimum absolute atomic E-state index is 0.0305. The molecule has 1 aliphatic rings. The van der Waals surface area contributed by atoms with E-state index < -0.39 is 17.8 Å². The summed E-state index contributed by atoms with van der Waals surface area (Å²) in [6, 6.07) is 13.4. The lowest BCUT2D eigenvalue weighted by molar-refractivity contribution is 0.0971. The van der Waals surface area contributed by atoms with E-state index in [-0.39, 0.29) is 16.8 Å². The van der Waals surface area contributed by atoms with Crippen molar-refractivity contribution in [3.05, 3.63) is 104 Å². The van der Waals surface area contributed by atoms with Gasteiger partial charge in [0, 0.05) is 5.69 Å². The monoisotopic (exact) mass is 463 g/mol. The molecular weight excluding hydrogens is 445 g/mol. The first kappa shape index (κ1) is 21.2. The molecule has 0 radical (unpaired) electrons. The van der Waals surface area contributed by atoms with E-state index in [0.29, 0.717) is 33.0 Å². The van der Waals surface area contributed by atoms with Crippen LogP contribution in [0.1, 0.15) is 38.9 Å². The van der Waals surface area contributed by atoms with E-state index in [1.807, 2.05) is 13.8 Å². The number of anilines is 1. The molecule has 0 aliphatic carbocycles. The van der Waals surface area contributed by atoms with Gasteiger partial charge in [0.15, 0.2) is 5.43 Å². The van der Waals surface area contributed by atoms with Gasteiger partial charge in [0.1, 0.15) is 17.1 Å². The number of fused-ring (bicyclic) bond motifs is 2. The van der Waals surface area contributed by atoms with Gasteiger partial charge in [0.25, 0.3) is 5.91 Å². The number of rotatable bonds is 3. The van der Waals surface area contributed by atoms with Gasteiger partial charge in [0.05, 0.1) is 29.1 Å². The lowest BCUT2D eigenvalue weighted by Crippen LogP contribution is -2.29. The fourth-order valence-electron chi connectivity index (χ4n) is 4.26. The van der Waals surface area contributed by atoms with Gasteiger partial charge in [0.2, 0.25) is 5.76 Å². The highest BCUT2D eigenvalue weighted by atomic mass is 35.5. The number of carbonyl (C=O) groups is 1. The summed E-state index contributed by atoms with van der Waals surface area (Å²) in [5, 5.41) is 0.707. The van der Waals surface area contributed by atoms with E-state index in [4.69, 9.17) is 20.8 Å². The average molecular weight is 464 g/mol. The minimum atomic E-state index is -0.806. The quantitative estimate of drug-likeness (QED) is 0.376. The van der Waals surface area contributed by atoms with Crippen molar-refractivity contribution in [2.75, 3.05) is 12.0 Å². The van der Waals surface area contributed by atoms with Crippen LogP contribution in [0.4, 0.5) is 10.1 Å². The Kier molecular flexibility index (Phi) is 4.98. The zero-order valence-electron chi connectivity index (χ0n) is 18.1. The highest BCUT2D eigenvalue weighted by Crippen LogP contribution is 2.43. The Bertz CT molecular complexity index is 1490. The molecule has 1 unspecified atom stereocenters. The molecule has 1 amide bonds. The van der Waals surface area contributed by atoms with Gasteiger partial charge in [-0.1, -0.05) is 23.7 Å². The van der Waals surface area contributed by atoms with Crippen molar-refractivity contribution in [3.8, 4) is 5.75 Å². The molecule has 0 fully saturated rings. The summed E-state index contributed by atoms with van der Waals surface area (Å²) < 4.78 is 24.9. The number of hydrogen-bond acceptors (Lipinski definition) is 4. The van der Waals surface area contributed by atoms with Crippen molar-refractivity contribution in [1.82, 2.24) is 0 Å². The van der Waals surface area contributed by atoms with Crippen LogP contribution in [0.3, 0.4) is 0 Å². The predicted octanol–water partition coefficient (Wildman–Crippen LogP) is 5.96. The topological polar surface area (TPSA) is 59.8 Å². The minimum Gasteiger partial charge on any atom is -0.495 e. The lowest BCUT2D eigenvalue weighted by Gasteiger charge is -2.25. The molecule has 33 heavy (non-hydrogen) atoms. The first-order valence-electron chi connectivity index (χ1n) is 10.3. The number of amides is 1. The van der Waals surface area contributed by atoms with E-state index in [1.54, 1.807) is 42.5 Å². The zero-order valence-corrected chi connectivity index (χ0v) is 18.9. The molecule has 5 rings (SSSR count). The first-order valence-corrected chi connectivity index (χ1v) is 10.7. The number of ether oxygens (including phenoxy) is 1. The van der Waals surface area contributed by atoms with Crippen LogP contribution in [0.2, 0.25) is 5.02 Å². The predicted molar refractivity (Wildman–Crippen MR) is 125 cm³/mol. The lowest BCUT2D eigenvalue weighted by atomic mass is 9.97. The van der Waals surface area contributed by atoms with Gasteiger partial charge in [-0.15, -0.1) is 0 Å². The highest BCUT2D eigenvalue weighted by Gasteiger charge is 2.43. The molecule has 1 atom stereocenters. The number of aryl methyl sites for hydroxylation is 2. The number of nitrogens with zero attached hydrogens (tertiary/aromatic N) is 1. The molecule has 0 N–H and O–H groups in total. The molecule has 1 aromatic heterocycles. The Morgan fingerprint density at radius 3 is 2.36 bits per heavy atom. The summed E-state index contributed by atoms with van der Waals surface area (Å²) >= 11 is 6.34. The third kappa shape index (κ3) is 3.29. The summed E-state index contributed by atoms with van der Waals surface area (Å²) in [5.74, 6) is -0.470. The molecule has 3 aromatic carbocycles. The van der Waals surface area contributed by atoms with Gasteiger partial charge in [-0.2, -0.15) is 0 Å². The van der Waals surface area contributed by atoms with Crippen LogP contribution in [0, 0.1) is 19.7 Å². The smallest absolute Gasteiger partial charge is 0.295 e. The fourth-order valence-corrected chi connectivity index (χ4v) is 4.51. The Labute approximate surface area is 194 Å². The van der Waals surface area contributed by atoms with Gasteiger partial charge in [-0.25, -0.2) is 4.39 Å². The molecule has 0 saturated carbocycles. The van der Waals surface area contributed by atoms with Crippen molar-refractivity contribution in [3.63, 3.8) is 0 Å².